The van der Waals surface area contributed by atoms with Gasteiger partial charge in [0.15, 0.2) is 0 Å². The van der Waals surface area contributed by atoms with Crippen molar-refractivity contribution in [3.8, 4) is 11.5 Å². The third-order valence-electron chi connectivity index (χ3n) is 2.79. The van der Waals surface area contributed by atoms with Crippen LogP contribution in [0.3, 0.4) is 0 Å². The molecule has 0 heterocycles. The van der Waals surface area contributed by atoms with Gasteiger partial charge in [-0.15, -0.1) is 0 Å². The molecule has 0 atom stereocenters. The van der Waals surface area contributed by atoms with Gasteiger partial charge < -0.3 is 25.2 Å². The molecular weight excluding hydrogens is 276 g/mol. The molecule has 1 aromatic rings. The van der Waals surface area contributed by atoms with Crippen molar-refractivity contribution < 1.29 is 24.2 Å². The predicted molar refractivity (Wildman–Crippen MR) is 76.7 cm³/mol. The van der Waals surface area contributed by atoms with Gasteiger partial charge in [-0.05, 0) is 18.6 Å². The van der Waals surface area contributed by atoms with Crippen molar-refractivity contribution in [2.45, 2.75) is 19.4 Å². The fourth-order valence-electron chi connectivity index (χ4n) is 1.68. The monoisotopic (exact) mass is 296 g/mol. The molecule has 2 amide bonds. The molecule has 0 aliphatic rings. The lowest BCUT2D eigenvalue weighted by Gasteiger charge is -2.11. The lowest BCUT2D eigenvalue weighted by atomic mass is 10.2. The Kier molecular flexibility index (Phi) is 6.86. The molecule has 7 heteroatoms. The van der Waals surface area contributed by atoms with Gasteiger partial charge in [0.2, 0.25) is 0 Å². The summed E-state index contributed by atoms with van der Waals surface area (Å²) in [6, 6.07) is 4.98. The van der Waals surface area contributed by atoms with Crippen LogP contribution in [0.1, 0.15) is 18.4 Å². The van der Waals surface area contributed by atoms with E-state index in [4.69, 9.17) is 14.6 Å². The van der Waals surface area contributed by atoms with Gasteiger partial charge in [-0.1, -0.05) is 0 Å². The maximum atomic E-state index is 11.5. The lowest BCUT2D eigenvalue weighted by Crippen LogP contribution is -2.35. The van der Waals surface area contributed by atoms with Gasteiger partial charge in [-0.2, -0.15) is 0 Å². The molecule has 3 N–H and O–H groups in total. The topological polar surface area (TPSA) is 96.9 Å². The minimum atomic E-state index is -0.875. The predicted octanol–water partition coefficient (Wildman–Crippen LogP) is 1.37. The molecule has 0 aliphatic heterocycles. The van der Waals surface area contributed by atoms with E-state index in [9.17, 15) is 9.59 Å². The average Bonchev–Trinajstić information content (AvgIpc) is 2.49. The van der Waals surface area contributed by atoms with Crippen LogP contribution in [0.2, 0.25) is 0 Å². The van der Waals surface area contributed by atoms with Crippen LogP contribution in [0.25, 0.3) is 0 Å². The molecule has 21 heavy (non-hydrogen) atoms. The number of carbonyl (C=O) groups excluding carboxylic acids is 1. The molecule has 7 nitrogen and oxygen atoms in total. The van der Waals surface area contributed by atoms with Crippen molar-refractivity contribution in [3.05, 3.63) is 23.8 Å². The number of nitrogens with one attached hydrogen (secondary N) is 2. The quantitative estimate of drug-likeness (QED) is 0.629. The number of rotatable bonds is 8. The van der Waals surface area contributed by atoms with Crippen LogP contribution >= 0.6 is 0 Å². The molecule has 0 aliphatic carbocycles. The number of methoxy groups -OCH3 is 2. The zero-order valence-electron chi connectivity index (χ0n) is 12.1. The smallest absolute Gasteiger partial charge is 0.315 e. The maximum Gasteiger partial charge on any atom is 0.315 e. The molecule has 1 rings (SSSR count). The number of benzene rings is 1. The number of ether oxygens (including phenoxy) is 2. The zero-order valence-corrected chi connectivity index (χ0v) is 12.1. The van der Waals surface area contributed by atoms with Crippen molar-refractivity contribution in [3.63, 3.8) is 0 Å². The number of amides is 2. The molecule has 0 unspecified atom stereocenters. The first-order valence-electron chi connectivity index (χ1n) is 6.51. The van der Waals surface area contributed by atoms with Crippen molar-refractivity contribution in [2.24, 2.45) is 0 Å². The molecule has 1 aromatic carbocycles. The Balaban J connectivity index is 2.40. The highest BCUT2D eigenvalue weighted by atomic mass is 16.5. The summed E-state index contributed by atoms with van der Waals surface area (Å²) in [4.78, 5) is 21.9. The second-order valence-electron chi connectivity index (χ2n) is 4.28. The normalized spacial score (nSPS) is 9.81. The van der Waals surface area contributed by atoms with E-state index in [0.717, 1.165) is 5.56 Å². The summed E-state index contributed by atoms with van der Waals surface area (Å²) in [6.07, 6.45) is 0.432. The number of carboxylic acids is 1. The summed E-state index contributed by atoms with van der Waals surface area (Å²) in [5.74, 6) is 0.425. The Labute approximate surface area is 123 Å². The summed E-state index contributed by atoms with van der Waals surface area (Å²) in [5.41, 5.74) is 0.819. The number of carboxylic acid groups (broad SMARTS) is 1. The van der Waals surface area contributed by atoms with Crippen molar-refractivity contribution in [1.29, 1.82) is 0 Å². The number of urea groups is 1. The lowest BCUT2D eigenvalue weighted by molar-refractivity contribution is -0.137. The number of aliphatic carboxylic acids is 1. The number of carbonyl (C=O) groups is 2. The van der Waals surface area contributed by atoms with Crippen LogP contribution < -0.4 is 20.1 Å². The molecule has 0 radical (unpaired) electrons. The van der Waals surface area contributed by atoms with E-state index in [2.05, 4.69) is 10.6 Å². The number of hydrogen-bond donors (Lipinski definition) is 3. The zero-order chi connectivity index (χ0) is 15.7. The van der Waals surface area contributed by atoms with Crippen molar-refractivity contribution >= 4 is 12.0 Å². The Morgan fingerprint density at radius 3 is 2.57 bits per heavy atom. The third-order valence-corrected chi connectivity index (χ3v) is 2.79. The Morgan fingerprint density at radius 2 is 1.95 bits per heavy atom. The van der Waals surface area contributed by atoms with Crippen LogP contribution in [0.15, 0.2) is 18.2 Å². The molecule has 0 saturated heterocycles. The Morgan fingerprint density at radius 1 is 1.19 bits per heavy atom. The largest absolute Gasteiger partial charge is 0.497 e. The first kappa shape index (κ1) is 16.6. The van der Waals surface area contributed by atoms with Gasteiger partial charge in [0, 0.05) is 31.1 Å². The minimum Gasteiger partial charge on any atom is -0.497 e. The molecule has 116 valence electrons. The summed E-state index contributed by atoms with van der Waals surface area (Å²) in [7, 11) is 3.11. The molecule has 0 aromatic heterocycles. The van der Waals surface area contributed by atoms with E-state index < -0.39 is 5.97 Å². The summed E-state index contributed by atoms with van der Waals surface area (Å²) in [5, 5.41) is 13.7. The van der Waals surface area contributed by atoms with Crippen molar-refractivity contribution in [1.82, 2.24) is 10.6 Å². The van der Waals surface area contributed by atoms with Crippen LogP contribution in [0, 0.1) is 0 Å². The van der Waals surface area contributed by atoms with Crippen LogP contribution in [0.4, 0.5) is 4.79 Å². The second-order valence-corrected chi connectivity index (χ2v) is 4.28. The van der Waals surface area contributed by atoms with E-state index in [0.29, 0.717) is 31.0 Å². The average molecular weight is 296 g/mol. The molecule has 0 bridgehead atoms. The molecular formula is C14H20N2O5. The van der Waals surface area contributed by atoms with Gasteiger partial charge in [0.05, 0.1) is 14.2 Å². The summed E-state index contributed by atoms with van der Waals surface area (Å²) in [6.45, 7) is 0.621. The summed E-state index contributed by atoms with van der Waals surface area (Å²) >= 11 is 0. The minimum absolute atomic E-state index is 0.0343. The highest BCUT2D eigenvalue weighted by Crippen LogP contribution is 2.24. The third kappa shape index (κ3) is 6.03. The fourth-order valence-corrected chi connectivity index (χ4v) is 1.68. The van der Waals surface area contributed by atoms with Crippen LogP contribution in [-0.2, 0) is 11.3 Å². The maximum absolute atomic E-state index is 11.5. The summed E-state index contributed by atoms with van der Waals surface area (Å²) < 4.78 is 10.3. The van der Waals surface area contributed by atoms with Gasteiger partial charge in [0.25, 0.3) is 0 Å². The number of hydrogen-bond acceptors (Lipinski definition) is 4. The van der Waals surface area contributed by atoms with Crippen LogP contribution in [0.5, 0.6) is 11.5 Å². The Bertz CT molecular complexity index is 490. The van der Waals surface area contributed by atoms with E-state index in [1.54, 1.807) is 26.4 Å². The molecule has 0 spiro atoms. The first-order chi connectivity index (χ1) is 10.1. The van der Waals surface area contributed by atoms with E-state index in [1.807, 2.05) is 6.07 Å². The van der Waals surface area contributed by atoms with Crippen LogP contribution in [-0.4, -0.2) is 37.9 Å². The van der Waals surface area contributed by atoms with E-state index in [1.165, 1.54) is 0 Å². The van der Waals surface area contributed by atoms with Gasteiger partial charge in [0.1, 0.15) is 11.5 Å². The Hall–Kier alpha value is -2.44. The van der Waals surface area contributed by atoms with E-state index in [-0.39, 0.29) is 12.5 Å². The molecule has 0 fully saturated rings. The highest BCUT2D eigenvalue weighted by Gasteiger charge is 2.07. The fraction of sp³-hybridized carbons (Fsp3) is 0.429. The van der Waals surface area contributed by atoms with Crippen molar-refractivity contribution in [2.75, 3.05) is 20.8 Å². The van der Waals surface area contributed by atoms with Gasteiger partial charge in [-0.25, -0.2) is 4.79 Å². The highest BCUT2D eigenvalue weighted by molar-refractivity contribution is 5.74. The standard InChI is InChI=1S/C14H20N2O5/c1-20-11-6-5-10(12(8-11)21-2)9-16-14(19)15-7-3-4-13(17)18/h5-6,8H,3-4,7,9H2,1-2H3,(H,17,18)(H2,15,16,19). The van der Waals surface area contributed by atoms with E-state index >= 15 is 0 Å². The molecule has 0 saturated carbocycles. The first-order valence-corrected chi connectivity index (χ1v) is 6.51. The second kappa shape index (κ2) is 8.68. The SMILES string of the molecule is COc1ccc(CNC(=O)NCCCC(=O)O)c(OC)c1. The van der Waals surface area contributed by atoms with Gasteiger partial charge >= 0.3 is 12.0 Å². The van der Waals surface area contributed by atoms with Gasteiger partial charge in [-0.3, -0.25) is 4.79 Å².